The summed E-state index contributed by atoms with van der Waals surface area (Å²) < 4.78 is 31.6. The van der Waals surface area contributed by atoms with Crippen molar-refractivity contribution in [1.29, 1.82) is 0 Å². The summed E-state index contributed by atoms with van der Waals surface area (Å²) in [6.45, 7) is 2.24. The third-order valence-electron chi connectivity index (χ3n) is 6.82. The van der Waals surface area contributed by atoms with Gasteiger partial charge < -0.3 is 19.0 Å². The number of carbonyl (C=O) groups excluding carboxylic acids is 2. The second kappa shape index (κ2) is 11.9. The Morgan fingerprint density at radius 1 is 1.09 bits per heavy atom. The lowest BCUT2D eigenvalue weighted by molar-refractivity contribution is -0.117. The molecule has 2 aromatic heterocycles. The fraction of sp³-hybridized carbons (Fsp3) is 0.161. The van der Waals surface area contributed by atoms with E-state index >= 15 is 0 Å². The molecule has 1 atom stereocenters. The molecule has 0 saturated heterocycles. The zero-order chi connectivity index (χ0) is 30.1. The number of ether oxygens (including phenoxy) is 2. The Hall–Kier alpha value is -4.68. The van der Waals surface area contributed by atoms with Crippen molar-refractivity contribution in [3.63, 3.8) is 0 Å². The van der Waals surface area contributed by atoms with E-state index in [4.69, 9.17) is 13.9 Å². The van der Waals surface area contributed by atoms with Gasteiger partial charge in [-0.25, -0.2) is 4.39 Å². The normalized spacial score (nSPS) is 15.0. The van der Waals surface area contributed by atoms with Gasteiger partial charge in [0.05, 0.1) is 25.3 Å². The van der Waals surface area contributed by atoms with Crippen molar-refractivity contribution in [3.05, 3.63) is 107 Å². The number of Topliss-reactive ketones (excluding diaryl/α,β-unsaturated/α-hetero) is 1. The summed E-state index contributed by atoms with van der Waals surface area (Å²) in [5, 5.41) is 20.4. The van der Waals surface area contributed by atoms with E-state index in [0.717, 1.165) is 11.3 Å². The lowest BCUT2D eigenvalue weighted by atomic mass is 9.95. The molecule has 3 aromatic carbocycles. The lowest BCUT2D eigenvalue weighted by Gasteiger charge is -2.24. The molecule has 0 bridgehead atoms. The summed E-state index contributed by atoms with van der Waals surface area (Å²) in [6, 6.07) is 19.1. The zero-order valence-corrected chi connectivity index (χ0v) is 24.6. The number of carbonyl (C=O) groups is 2. The maximum absolute atomic E-state index is 14.2. The molecule has 3 heterocycles. The van der Waals surface area contributed by atoms with Crippen molar-refractivity contribution < 1.29 is 33.0 Å². The molecule has 12 heteroatoms. The molecule has 0 aliphatic carbocycles. The van der Waals surface area contributed by atoms with Gasteiger partial charge in [0.15, 0.2) is 27.4 Å². The Bertz CT molecular complexity index is 1850. The minimum atomic E-state index is -1.09. The molecule has 9 nitrogen and oxygen atoms in total. The number of anilines is 1. The predicted octanol–water partition coefficient (Wildman–Crippen LogP) is 6.91. The fourth-order valence-electron chi connectivity index (χ4n) is 4.82. The number of halogens is 1. The summed E-state index contributed by atoms with van der Waals surface area (Å²) in [5.41, 5.74) is 1.28. The van der Waals surface area contributed by atoms with Gasteiger partial charge in [-0.3, -0.25) is 14.5 Å². The second-order valence-electron chi connectivity index (χ2n) is 9.39. The van der Waals surface area contributed by atoms with Crippen LogP contribution in [0.2, 0.25) is 0 Å². The Balaban J connectivity index is 1.40. The number of methoxy groups -OCH3 is 1. The molecule has 0 saturated carbocycles. The third-order valence-corrected chi connectivity index (χ3v) is 8.92. The number of aromatic nitrogens is 2. The monoisotopic (exact) mass is 617 g/mol. The van der Waals surface area contributed by atoms with Crippen LogP contribution in [0.3, 0.4) is 0 Å². The molecule has 1 unspecified atom stereocenters. The first kappa shape index (κ1) is 28.4. The van der Waals surface area contributed by atoms with Crippen LogP contribution < -0.4 is 14.4 Å². The highest BCUT2D eigenvalue weighted by Crippen LogP contribution is 2.45. The van der Waals surface area contributed by atoms with E-state index in [9.17, 15) is 19.1 Å². The van der Waals surface area contributed by atoms with Crippen LogP contribution in [0.4, 0.5) is 9.52 Å². The van der Waals surface area contributed by atoms with Gasteiger partial charge in [0.1, 0.15) is 11.4 Å². The van der Waals surface area contributed by atoms with Crippen LogP contribution in [0, 0.1) is 5.82 Å². The number of para-hydroxylation sites is 1. The van der Waals surface area contributed by atoms with E-state index in [1.165, 1.54) is 29.8 Å². The standard InChI is InChI=1S/C31H24FN3O6S2/c1-3-40-22-13-12-18(15-23(22)39-2)26-25(27(36)24-14-17-8-5-7-11-21(17)41-24)28(37)29(38)35(26)30-33-34-31(43-30)42-16-19-9-4-6-10-20(19)32/h4-15,26,37H,3,16H2,1-2H3. The smallest absolute Gasteiger partial charge is 0.296 e. The van der Waals surface area contributed by atoms with Crippen LogP contribution >= 0.6 is 23.1 Å². The number of hydrogen-bond donors (Lipinski definition) is 1. The highest BCUT2D eigenvalue weighted by atomic mass is 32.2. The molecule has 0 radical (unpaired) electrons. The number of nitrogens with zero attached hydrogens (tertiary/aromatic N) is 3. The summed E-state index contributed by atoms with van der Waals surface area (Å²) in [6.07, 6.45) is 0. The van der Waals surface area contributed by atoms with E-state index in [2.05, 4.69) is 10.2 Å². The van der Waals surface area contributed by atoms with Crippen molar-refractivity contribution in [3.8, 4) is 11.5 Å². The van der Waals surface area contributed by atoms with Crippen LogP contribution in [-0.4, -0.2) is 40.7 Å². The van der Waals surface area contributed by atoms with Gasteiger partial charge in [-0.05, 0) is 48.4 Å². The molecule has 1 aliphatic heterocycles. The summed E-state index contributed by atoms with van der Waals surface area (Å²) in [5.74, 6) is -1.40. The lowest BCUT2D eigenvalue weighted by Crippen LogP contribution is -2.31. The van der Waals surface area contributed by atoms with E-state index in [1.807, 2.05) is 13.0 Å². The number of furan rings is 1. The molecule has 218 valence electrons. The largest absolute Gasteiger partial charge is 0.503 e. The SMILES string of the molecule is CCOc1ccc(C2C(C(=O)c3cc4ccccc4o3)=C(O)C(=O)N2c2nnc(SCc3ccccc3F)s2)cc1OC. The van der Waals surface area contributed by atoms with E-state index in [1.54, 1.807) is 60.7 Å². The molecule has 1 aliphatic rings. The number of hydrogen-bond acceptors (Lipinski definition) is 10. The molecule has 0 spiro atoms. The van der Waals surface area contributed by atoms with Crippen LogP contribution in [0.5, 0.6) is 11.5 Å². The molecular formula is C31H24FN3O6S2. The number of aliphatic hydroxyl groups excluding tert-OH is 1. The Morgan fingerprint density at radius 3 is 2.65 bits per heavy atom. The Kier molecular flexibility index (Phi) is 7.87. The molecule has 6 rings (SSSR count). The second-order valence-corrected chi connectivity index (χ2v) is 11.6. The highest BCUT2D eigenvalue weighted by Gasteiger charge is 2.47. The summed E-state index contributed by atoms with van der Waals surface area (Å²) in [7, 11) is 1.48. The van der Waals surface area contributed by atoms with Gasteiger partial charge >= 0.3 is 0 Å². The number of aliphatic hydroxyl groups is 1. The van der Waals surface area contributed by atoms with Gasteiger partial charge in [-0.2, -0.15) is 0 Å². The molecule has 0 fully saturated rings. The van der Waals surface area contributed by atoms with Gasteiger partial charge in [0.2, 0.25) is 10.9 Å². The topological polar surface area (TPSA) is 115 Å². The minimum Gasteiger partial charge on any atom is -0.503 e. The van der Waals surface area contributed by atoms with Crippen LogP contribution in [0.15, 0.2) is 92.9 Å². The van der Waals surface area contributed by atoms with Crippen LogP contribution in [-0.2, 0) is 10.5 Å². The number of fused-ring (bicyclic) bond motifs is 1. The Labute approximate surface area is 253 Å². The van der Waals surface area contributed by atoms with Crippen molar-refractivity contribution in [2.75, 3.05) is 18.6 Å². The zero-order valence-electron chi connectivity index (χ0n) is 22.9. The molecule has 1 amide bonds. The van der Waals surface area contributed by atoms with Gasteiger partial charge in [0, 0.05) is 11.1 Å². The average Bonchev–Trinajstić information content (AvgIpc) is 3.73. The predicted molar refractivity (Wildman–Crippen MR) is 160 cm³/mol. The average molecular weight is 618 g/mol. The van der Waals surface area contributed by atoms with Gasteiger partial charge in [-0.1, -0.05) is 65.6 Å². The van der Waals surface area contributed by atoms with Gasteiger partial charge in [-0.15, -0.1) is 10.2 Å². The number of thioether (sulfide) groups is 1. The minimum absolute atomic E-state index is 0.0290. The van der Waals surface area contributed by atoms with Crippen LogP contribution in [0.1, 0.15) is 34.6 Å². The summed E-state index contributed by atoms with van der Waals surface area (Å²) in [4.78, 5) is 28.8. The maximum atomic E-state index is 14.2. The quantitative estimate of drug-likeness (QED) is 0.101. The molecule has 43 heavy (non-hydrogen) atoms. The summed E-state index contributed by atoms with van der Waals surface area (Å²) >= 11 is 2.35. The van der Waals surface area contributed by atoms with Crippen LogP contribution in [0.25, 0.3) is 11.0 Å². The van der Waals surface area contributed by atoms with E-state index < -0.39 is 23.5 Å². The number of rotatable bonds is 10. The first-order valence-corrected chi connectivity index (χ1v) is 15.0. The number of amides is 1. The first-order valence-electron chi connectivity index (χ1n) is 13.2. The number of ketones is 1. The van der Waals surface area contributed by atoms with Crippen molar-refractivity contribution in [1.82, 2.24) is 10.2 Å². The fourth-order valence-corrected chi connectivity index (χ4v) is 6.67. The first-order chi connectivity index (χ1) is 20.9. The number of benzene rings is 3. The van der Waals surface area contributed by atoms with E-state index in [-0.39, 0.29) is 22.3 Å². The van der Waals surface area contributed by atoms with Crippen molar-refractivity contribution >= 4 is 50.9 Å². The van der Waals surface area contributed by atoms with Gasteiger partial charge in [0.25, 0.3) is 5.91 Å². The van der Waals surface area contributed by atoms with Crippen molar-refractivity contribution in [2.45, 2.75) is 23.1 Å². The molecule has 5 aromatic rings. The third kappa shape index (κ3) is 5.35. The highest BCUT2D eigenvalue weighted by molar-refractivity contribution is 8.00. The molecular weight excluding hydrogens is 593 g/mol. The Morgan fingerprint density at radius 2 is 1.88 bits per heavy atom. The molecule has 1 N–H and O–H groups in total. The van der Waals surface area contributed by atoms with Crippen molar-refractivity contribution in [2.24, 2.45) is 0 Å². The van der Waals surface area contributed by atoms with E-state index in [0.29, 0.717) is 50.3 Å². The maximum Gasteiger partial charge on any atom is 0.296 e.